The first-order valence-corrected chi connectivity index (χ1v) is 6.15. The molecule has 0 aromatic carbocycles. The molecule has 2 fully saturated rings. The lowest BCUT2D eigenvalue weighted by Gasteiger charge is -2.30. The highest BCUT2D eigenvalue weighted by atomic mass is 19.3. The zero-order valence-corrected chi connectivity index (χ0v) is 10.8. The van der Waals surface area contributed by atoms with Crippen LogP contribution in [0.4, 0.5) is 8.78 Å². The van der Waals surface area contributed by atoms with Crippen molar-refractivity contribution < 1.29 is 13.5 Å². The van der Waals surface area contributed by atoms with E-state index in [1.165, 1.54) is 38.8 Å². The van der Waals surface area contributed by atoms with Gasteiger partial charge in [0.1, 0.15) is 0 Å². The van der Waals surface area contributed by atoms with Gasteiger partial charge in [-0.3, -0.25) is 4.90 Å². The molecule has 2 heterocycles. The highest BCUT2D eigenvalue weighted by Crippen LogP contribution is 2.38. The van der Waals surface area contributed by atoms with Crippen LogP contribution in [0.3, 0.4) is 0 Å². The number of nitrogens with zero attached hydrogens (tertiary/aromatic N) is 1. The summed E-state index contributed by atoms with van der Waals surface area (Å²) in [6.45, 7) is 5.82. The Hall–Kier alpha value is -0.220. The molecule has 0 aromatic rings. The molecule has 2 nitrogen and oxygen atoms in total. The number of hydrogen-bond acceptors (Lipinski definition) is 2. The molecule has 0 aromatic heterocycles. The van der Waals surface area contributed by atoms with Gasteiger partial charge in [0, 0.05) is 12.6 Å². The van der Waals surface area contributed by atoms with Crippen LogP contribution in [0.25, 0.3) is 0 Å². The molecular weight excluding hydrogens is 212 g/mol. The monoisotopic (exact) mass is 237 g/mol. The van der Waals surface area contributed by atoms with E-state index in [2.05, 4.69) is 4.90 Å². The number of rotatable bonds is 2. The minimum absolute atomic E-state index is 0.467. The normalized spacial score (nSPS) is 21.6. The van der Waals surface area contributed by atoms with E-state index in [1.807, 2.05) is 21.0 Å². The third-order valence-corrected chi connectivity index (χ3v) is 3.22. The molecule has 0 spiro atoms. The number of halogens is 2. The Bertz CT molecular complexity index is 157. The summed E-state index contributed by atoms with van der Waals surface area (Å²) in [5.41, 5.74) is 0.467. The second-order valence-corrected chi connectivity index (χ2v) is 3.95. The Labute approximate surface area is 98.0 Å². The predicted octanol–water partition coefficient (Wildman–Crippen LogP) is 3.17. The molecule has 0 N–H and O–H groups in total. The fraction of sp³-hybridized carbons (Fsp3) is 1.00. The zero-order valence-electron chi connectivity index (χ0n) is 10.8. The van der Waals surface area contributed by atoms with Gasteiger partial charge in [0.2, 0.25) is 6.93 Å². The van der Waals surface area contributed by atoms with Crippen LogP contribution >= 0.6 is 0 Å². The summed E-state index contributed by atoms with van der Waals surface area (Å²) < 4.78 is 24.5. The van der Waals surface area contributed by atoms with E-state index in [4.69, 9.17) is 4.74 Å². The van der Waals surface area contributed by atoms with E-state index < -0.39 is 6.93 Å². The minimum atomic E-state index is -1.75. The van der Waals surface area contributed by atoms with E-state index in [1.54, 1.807) is 0 Å². The van der Waals surface area contributed by atoms with Gasteiger partial charge in [-0.05, 0) is 38.8 Å². The lowest BCUT2D eigenvalue weighted by Crippen LogP contribution is -2.42. The Morgan fingerprint density at radius 2 is 1.56 bits per heavy atom. The molecule has 4 heteroatoms. The Morgan fingerprint density at radius 3 is 1.94 bits per heavy atom. The topological polar surface area (TPSA) is 12.5 Å². The first kappa shape index (κ1) is 15.8. The largest absolute Gasteiger partial charge is 0.383 e. The molecule has 16 heavy (non-hydrogen) atoms. The Kier molecular flexibility index (Phi) is 8.76. The Balaban J connectivity index is 0.000000394. The standard InChI is InChI=1S/C9H17NO.C2H6.CH2F2/c1-11-8-9-4-2-6-10(9)7-3-5-9;1-2;2-1-3/h2-8H2,1H3;1-2H3;1H2. The molecule has 0 unspecified atom stereocenters. The van der Waals surface area contributed by atoms with Gasteiger partial charge in [0.15, 0.2) is 0 Å². The first-order chi connectivity index (χ1) is 7.79. The number of fused-ring (bicyclic) bond motifs is 1. The van der Waals surface area contributed by atoms with Crippen LogP contribution in [0.2, 0.25) is 0 Å². The highest BCUT2D eigenvalue weighted by molar-refractivity contribution is 4.99. The van der Waals surface area contributed by atoms with E-state index in [0.717, 1.165) is 6.61 Å². The van der Waals surface area contributed by atoms with Crippen molar-refractivity contribution >= 4 is 0 Å². The lowest BCUT2D eigenvalue weighted by atomic mass is 9.95. The summed E-state index contributed by atoms with van der Waals surface area (Å²) in [5, 5.41) is 0. The molecular formula is C12H25F2NO. The van der Waals surface area contributed by atoms with Crippen molar-refractivity contribution in [2.45, 2.75) is 45.1 Å². The lowest BCUT2D eigenvalue weighted by molar-refractivity contribution is 0.0655. The number of ether oxygens (including phenoxy) is 1. The SMILES string of the molecule is CC.COCC12CCCN1CCC2.FCF. The first-order valence-electron chi connectivity index (χ1n) is 6.15. The minimum Gasteiger partial charge on any atom is -0.383 e. The van der Waals surface area contributed by atoms with Gasteiger partial charge in [-0.1, -0.05) is 13.8 Å². The van der Waals surface area contributed by atoms with Crippen molar-refractivity contribution in [1.82, 2.24) is 4.90 Å². The summed E-state index contributed by atoms with van der Waals surface area (Å²) >= 11 is 0. The summed E-state index contributed by atoms with van der Waals surface area (Å²) in [6, 6.07) is 0. The smallest absolute Gasteiger partial charge is 0.229 e. The van der Waals surface area contributed by atoms with E-state index in [-0.39, 0.29) is 0 Å². The molecule has 0 radical (unpaired) electrons. The molecule has 98 valence electrons. The van der Waals surface area contributed by atoms with E-state index in [0.29, 0.717) is 5.54 Å². The molecule has 0 atom stereocenters. The fourth-order valence-electron chi connectivity index (χ4n) is 2.73. The van der Waals surface area contributed by atoms with Crippen LogP contribution < -0.4 is 0 Å². The summed E-state index contributed by atoms with van der Waals surface area (Å²) in [6.07, 6.45) is 5.48. The van der Waals surface area contributed by atoms with Gasteiger partial charge < -0.3 is 4.74 Å². The van der Waals surface area contributed by atoms with Gasteiger partial charge in [0.25, 0.3) is 0 Å². The van der Waals surface area contributed by atoms with Crippen molar-refractivity contribution in [3.63, 3.8) is 0 Å². The quantitative estimate of drug-likeness (QED) is 0.731. The van der Waals surface area contributed by atoms with Crippen LogP contribution in [0.15, 0.2) is 0 Å². The molecule has 2 saturated heterocycles. The van der Waals surface area contributed by atoms with E-state index >= 15 is 0 Å². The number of methoxy groups -OCH3 is 1. The Morgan fingerprint density at radius 1 is 1.12 bits per heavy atom. The van der Waals surface area contributed by atoms with Gasteiger partial charge in [-0.15, -0.1) is 0 Å². The summed E-state index contributed by atoms with van der Waals surface area (Å²) in [7, 11) is 1.82. The average molecular weight is 237 g/mol. The van der Waals surface area contributed by atoms with Crippen molar-refractivity contribution in [3.05, 3.63) is 0 Å². The average Bonchev–Trinajstić information content (AvgIpc) is 2.81. The van der Waals surface area contributed by atoms with Crippen LogP contribution in [0, 0.1) is 0 Å². The maximum Gasteiger partial charge on any atom is 0.229 e. The maximum atomic E-state index is 9.62. The van der Waals surface area contributed by atoms with Crippen LogP contribution in [0.1, 0.15) is 39.5 Å². The van der Waals surface area contributed by atoms with Crippen LogP contribution in [-0.2, 0) is 4.74 Å². The molecule has 2 rings (SSSR count). The molecule has 0 bridgehead atoms. The fourth-order valence-corrected chi connectivity index (χ4v) is 2.73. The van der Waals surface area contributed by atoms with Gasteiger partial charge >= 0.3 is 0 Å². The van der Waals surface area contributed by atoms with Crippen LogP contribution in [0.5, 0.6) is 0 Å². The second-order valence-electron chi connectivity index (χ2n) is 3.95. The van der Waals surface area contributed by atoms with E-state index in [9.17, 15) is 8.78 Å². The molecule has 2 aliphatic heterocycles. The highest BCUT2D eigenvalue weighted by Gasteiger charge is 2.43. The van der Waals surface area contributed by atoms with Gasteiger partial charge in [-0.25, -0.2) is 8.78 Å². The van der Waals surface area contributed by atoms with Crippen molar-refractivity contribution in [1.29, 1.82) is 0 Å². The van der Waals surface area contributed by atoms with Crippen molar-refractivity contribution in [3.8, 4) is 0 Å². The number of hydrogen-bond donors (Lipinski definition) is 0. The molecule has 2 aliphatic rings. The maximum absolute atomic E-state index is 9.62. The zero-order chi connectivity index (χ0) is 12.4. The summed E-state index contributed by atoms with van der Waals surface area (Å²) in [4.78, 5) is 2.62. The predicted molar refractivity (Wildman–Crippen MR) is 63.1 cm³/mol. The molecule has 0 aliphatic carbocycles. The third-order valence-electron chi connectivity index (χ3n) is 3.22. The van der Waals surface area contributed by atoms with Gasteiger partial charge in [-0.2, -0.15) is 0 Å². The summed E-state index contributed by atoms with van der Waals surface area (Å²) in [5.74, 6) is 0. The van der Waals surface area contributed by atoms with Gasteiger partial charge in [0.05, 0.1) is 6.61 Å². The second kappa shape index (κ2) is 8.88. The number of alkyl halides is 2. The molecule has 0 saturated carbocycles. The van der Waals surface area contributed by atoms with Crippen molar-refractivity contribution in [2.75, 3.05) is 33.7 Å². The van der Waals surface area contributed by atoms with Crippen molar-refractivity contribution in [2.24, 2.45) is 0 Å². The third kappa shape index (κ3) is 3.98. The molecule has 0 amide bonds. The van der Waals surface area contributed by atoms with Crippen LogP contribution in [-0.4, -0.2) is 44.2 Å².